The van der Waals surface area contributed by atoms with Crippen LogP contribution in [0.5, 0.6) is 0 Å². The van der Waals surface area contributed by atoms with E-state index >= 15 is 0 Å². The Hall–Kier alpha value is -2.28. The Morgan fingerprint density at radius 1 is 1.15 bits per heavy atom. The number of aromatic nitrogens is 6. The molecule has 0 aliphatic rings. The summed E-state index contributed by atoms with van der Waals surface area (Å²) in [6, 6.07) is 7.67. The quantitative estimate of drug-likeness (QED) is 0.731. The molecule has 102 valence electrons. The van der Waals surface area contributed by atoms with Gasteiger partial charge >= 0.3 is 0 Å². The van der Waals surface area contributed by atoms with Crippen LogP contribution >= 0.6 is 12.2 Å². The van der Waals surface area contributed by atoms with E-state index in [4.69, 9.17) is 12.2 Å². The molecule has 0 aliphatic carbocycles. The van der Waals surface area contributed by atoms with Crippen molar-refractivity contribution in [3.63, 3.8) is 0 Å². The zero-order valence-corrected chi connectivity index (χ0v) is 11.6. The van der Waals surface area contributed by atoms with Crippen LogP contribution in [0.1, 0.15) is 6.42 Å². The highest BCUT2D eigenvalue weighted by Crippen LogP contribution is 2.14. The zero-order chi connectivity index (χ0) is 13.8. The van der Waals surface area contributed by atoms with E-state index < -0.39 is 0 Å². The summed E-state index contributed by atoms with van der Waals surface area (Å²) in [5, 5.41) is 11.3. The number of rotatable bonds is 5. The standard InChI is InChI=1S/C13H14N6S/c20-13-17-16-12(11-5-1-2-6-14-11)19(13)10-4-9-18-8-3-7-15-18/h1-3,5-8H,4,9-10H2,(H,17,20). The summed E-state index contributed by atoms with van der Waals surface area (Å²) in [7, 11) is 0. The van der Waals surface area contributed by atoms with E-state index in [1.165, 1.54) is 0 Å². The average Bonchev–Trinajstić information content (AvgIpc) is 3.11. The van der Waals surface area contributed by atoms with Crippen LogP contribution in [0.25, 0.3) is 11.5 Å². The maximum Gasteiger partial charge on any atom is 0.195 e. The number of nitrogens with zero attached hydrogens (tertiary/aromatic N) is 5. The fraction of sp³-hybridized carbons (Fsp3) is 0.231. The van der Waals surface area contributed by atoms with Gasteiger partial charge in [-0.25, -0.2) is 0 Å². The van der Waals surface area contributed by atoms with E-state index in [0.717, 1.165) is 31.0 Å². The van der Waals surface area contributed by atoms with Gasteiger partial charge in [-0.05, 0) is 36.8 Å². The molecule has 7 heteroatoms. The van der Waals surface area contributed by atoms with Gasteiger partial charge in [0, 0.05) is 31.7 Å². The maximum atomic E-state index is 5.28. The van der Waals surface area contributed by atoms with E-state index in [1.807, 2.05) is 39.7 Å². The SMILES string of the molecule is S=c1[nH]nc(-c2ccccn2)n1CCCn1cccn1. The lowest BCUT2D eigenvalue weighted by Crippen LogP contribution is -2.06. The molecule has 20 heavy (non-hydrogen) atoms. The topological polar surface area (TPSA) is 64.3 Å². The van der Waals surface area contributed by atoms with Gasteiger partial charge < -0.3 is 0 Å². The first-order valence-corrected chi connectivity index (χ1v) is 6.79. The van der Waals surface area contributed by atoms with Gasteiger partial charge in [0.1, 0.15) is 5.69 Å². The molecule has 0 atom stereocenters. The molecule has 0 radical (unpaired) electrons. The smallest absolute Gasteiger partial charge is 0.195 e. The van der Waals surface area contributed by atoms with Gasteiger partial charge in [-0.3, -0.25) is 19.3 Å². The predicted molar refractivity (Wildman–Crippen MR) is 77.5 cm³/mol. The minimum absolute atomic E-state index is 0.617. The molecular weight excluding hydrogens is 272 g/mol. The van der Waals surface area contributed by atoms with E-state index in [-0.39, 0.29) is 0 Å². The molecule has 0 amide bonds. The van der Waals surface area contributed by atoms with Crippen molar-refractivity contribution in [1.82, 2.24) is 29.5 Å². The predicted octanol–water partition coefficient (Wildman–Crippen LogP) is 2.29. The third-order valence-electron chi connectivity index (χ3n) is 2.98. The molecule has 6 nitrogen and oxygen atoms in total. The van der Waals surface area contributed by atoms with Crippen molar-refractivity contribution in [2.45, 2.75) is 19.5 Å². The molecular formula is C13H14N6S. The van der Waals surface area contributed by atoms with E-state index in [9.17, 15) is 0 Å². The normalized spacial score (nSPS) is 10.8. The molecule has 3 aromatic heterocycles. The van der Waals surface area contributed by atoms with Crippen molar-refractivity contribution in [2.75, 3.05) is 0 Å². The molecule has 3 heterocycles. The number of aryl methyl sites for hydroxylation is 1. The van der Waals surface area contributed by atoms with Gasteiger partial charge in [0.05, 0.1) is 0 Å². The van der Waals surface area contributed by atoms with Crippen LogP contribution in [-0.2, 0) is 13.1 Å². The average molecular weight is 286 g/mol. The maximum absolute atomic E-state index is 5.28. The minimum Gasteiger partial charge on any atom is -0.299 e. The van der Waals surface area contributed by atoms with Gasteiger partial charge in [0.25, 0.3) is 0 Å². The molecule has 3 rings (SSSR count). The van der Waals surface area contributed by atoms with Gasteiger partial charge in [0.15, 0.2) is 10.6 Å². The van der Waals surface area contributed by atoms with Gasteiger partial charge in [-0.15, -0.1) is 0 Å². The molecule has 0 fully saturated rings. The van der Waals surface area contributed by atoms with Crippen LogP contribution in [-0.4, -0.2) is 29.5 Å². The van der Waals surface area contributed by atoms with Crippen LogP contribution in [0.3, 0.4) is 0 Å². The van der Waals surface area contributed by atoms with Crippen LogP contribution < -0.4 is 0 Å². The van der Waals surface area contributed by atoms with Gasteiger partial charge in [0.2, 0.25) is 0 Å². The Morgan fingerprint density at radius 3 is 2.85 bits per heavy atom. The second-order valence-corrected chi connectivity index (χ2v) is 4.73. The molecule has 0 unspecified atom stereocenters. The zero-order valence-electron chi connectivity index (χ0n) is 10.8. The molecule has 0 saturated carbocycles. The van der Waals surface area contributed by atoms with E-state index in [2.05, 4.69) is 20.3 Å². The highest BCUT2D eigenvalue weighted by atomic mass is 32.1. The summed E-state index contributed by atoms with van der Waals surface area (Å²) < 4.78 is 4.50. The summed E-state index contributed by atoms with van der Waals surface area (Å²) in [5.41, 5.74) is 0.818. The van der Waals surface area contributed by atoms with Gasteiger partial charge in [-0.2, -0.15) is 10.2 Å². The number of pyridine rings is 1. The van der Waals surface area contributed by atoms with E-state index in [0.29, 0.717) is 4.77 Å². The molecule has 0 aliphatic heterocycles. The first kappa shape index (κ1) is 12.7. The number of H-pyrrole nitrogens is 1. The number of aromatic amines is 1. The van der Waals surface area contributed by atoms with Crippen molar-refractivity contribution in [2.24, 2.45) is 0 Å². The Bertz CT molecular complexity index is 713. The summed E-state index contributed by atoms with van der Waals surface area (Å²) in [5.74, 6) is 0.774. The second kappa shape index (κ2) is 5.79. The van der Waals surface area contributed by atoms with Crippen molar-refractivity contribution >= 4 is 12.2 Å². The highest BCUT2D eigenvalue weighted by Gasteiger charge is 2.09. The lowest BCUT2D eigenvalue weighted by Gasteiger charge is -2.06. The summed E-state index contributed by atoms with van der Waals surface area (Å²) >= 11 is 5.28. The number of hydrogen-bond acceptors (Lipinski definition) is 4. The Labute approximate surface area is 121 Å². The first-order valence-electron chi connectivity index (χ1n) is 6.38. The Morgan fingerprint density at radius 2 is 2.10 bits per heavy atom. The van der Waals surface area contributed by atoms with Crippen molar-refractivity contribution in [1.29, 1.82) is 0 Å². The number of nitrogens with one attached hydrogen (secondary N) is 1. The second-order valence-electron chi connectivity index (χ2n) is 4.34. The molecule has 0 bridgehead atoms. The van der Waals surface area contributed by atoms with Crippen LogP contribution in [0.15, 0.2) is 42.9 Å². The summed E-state index contributed by atoms with van der Waals surface area (Å²) in [6.07, 6.45) is 6.41. The molecule has 3 aromatic rings. The summed E-state index contributed by atoms with van der Waals surface area (Å²) in [4.78, 5) is 4.31. The third kappa shape index (κ3) is 2.67. The third-order valence-corrected chi connectivity index (χ3v) is 3.29. The lowest BCUT2D eigenvalue weighted by molar-refractivity contribution is 0.525. The van der Waals surface area contributed by atoms with Gasteiger partial charge in [-0.1, -0.05) is 6.07 Å². The molecule has 0 spiro atoms. The van der Waals surface area contributed by atoms with Crippen molar-refractivity contribution in [3.8, 4) is 11.5 Å². The van der Waals surface area contributed by atoms with Crippen LogP contribution in [0.2, 0.25) is 0 Å². The molecule has 0 aromatic carbocycles. The summed E-state index contributed by atoms with van der Waals surface area (Å²) in [6.45, 7) is 1.63. The van der Waals surface area contributed by atoms with Crippen LogP contribution in [0, 0.1) is 4.77 Å². The monoisotopic (exact) mass is 286 g/mol. The lowest BCUT2D eigenvalue weighted by atomic mass is 10.3. The minimum atomic E-state index is 0.617. The Kier molecular flexibility index (Phi) is 3.69. The van der Waals surface area contributed by atoms with Crippen molar-refractivity contribution < 1.29 is 0 Å². The fourth-order valence-corrected chi connectivity index (χ4v) is 2.26. The molecule has 0 saturated heterocycles. The van der Waals surface area contributed by atoms with Crippen molar-refractivity contribution in [3.05, 3.63) is 47.6 Å². The fourth-order valence-electron chi connectivity index (χ4n) is 2.04. The Balaban J connectivity index is 1.76. The van der Waals surface area contributed by atoms with Crippen LogP contribution in [0.4, 0.5) is 0 Å². The largest absolute Gasteiger partial charge is 0.299 e. The first-order chi connectivity index (χ1) is 9.84. The molecule has 1 N–H and O–H groups in total. The van der Waals surface area contributed by atoms with E-state index in [1.54, 1.807) is 12.4 Å². The number of hydrogen-bond donors (Lipinski definition) is 1. The highest BCUT2D eigenvalue weighted by molar-refractivity contribution is 7.71.